The molecule has 3 aromatic carbocycles. The molecule has 8 heteroatoms. The van der Waals surface area contributed by atoms with Crippen LogP contribution < -0.4 is 9.47 Å². The van der Waals surface area contributed by atoms with Gasteiger partial charge in [0.05, 0.1) is 21.6 Å². The van der Waals surface area contributed by atoms with Gasteiger partial charge in [0.1, 0.15) is 6.61 Å². The van der Waals surface area contributed by atoms with Crippen molar-refractivity contribution in [3.8, 4) is 11.5 Å². The Bertz CT molecular complexity index is 1290. The minimum Gasteiger partial charge on any atom is -0.490 e. The molecule has 0 N–H and O–H groups in total. The van der Waals surface area contributed by atoms with Crippen LogP contribution in [0.25, 0.3) is 6.08 Å². The van der Waals surface area contributed by atoms with Gasteiger partial charge in [0, 0.05) is 3.57 Å². The molecule has 0 spiro atoms. The first kappa shape index (κ1) is 26.0. The molecule has 0 bridgehead atoms. The minimum absolute atomic E-state index is 0.256. The maximum Gasteiger partial charge on any atom is 0.293 e. The molecule has 0 radical (unpaired) electrons. The zero-order valence-electron chi connectivity index (χ0n) is 19.2. The number of carbonyl (C=O) groups is 2. The lowest BCUT2D eigenvalue weighted by atomic mass is 10.1. The second-order valence-corrected chi connectivity index (χ2v) is 11.3. The van der Waals surface area contributed by atoms with E-state index in [0.29, 0.717) is 29.6 Å². The van der Waals surface area contributed by atoms with Gasteiger partial charge in [-0.25, -0.2) is 0 Å². The van der Waals surface area contributed by atoms with Crippen LogP contribution in [0.15, 0.2) is 65.6 Å². The molecule has 3 aromatic rings. The average molecular weight is 711 g/mol. The van der Waals surface area contributed by atoms with Crippen molar-refractivity contribution in [2.24, 2.45) is 0 Å². The van der Waals surface area contributed by atoms with Crippen molar-refractivity contribution in [1.82, 2.24) is 4.90 Å². The Kier molecular flexibility index (Phi) is 8.77. The van der Waals surface area contributed by atoms with Crippen LogP contribution in [-0.2, 0) is 17.9 Å². The Morgan fingerprint density at radius 3 is 2.46 bits per heavy atom. The second-order valence-electron chi connectivity index (χ2n) is 7.87. The van der Waals surface area contributed by atoms with Crippen molar-refractivity contribution in [3.63, 3.8) is 0 Å². The fourth-order valence-corrected chi connectivity index (χ4v) is 5.54. The average Bonchev–Trinajstić information content (AvgIpc) is 3.08. The summed E-state index contributed by atoms with van der Waals surface area (Å²) in [5.41, 5.74) is 3.97. The third kappa shape index (κ3) is 6.39. The number of ether oxygens (including phenoxy) is 2. The number of carbonyl (C=O) groups excluding carboxylic acids is 2. The van der Waals surface area contributed by atoms with E-state index < -0.39 is 0 Å². The van der Waals surface area contributed by atoms with Crippen molar-refractivity contribution in [2.45, 2.75) is 27.0 Å². The second kappa shape index (κ2) is 11.8. The van der Waals surface area contributed by atoms with Crippen LogP contribution >= 0.6 is 56.9 Å². The standard InChI is InChI=1S/C27H23I2NO4S/c1-3-33-23-13-19(12-22(29)25(23)34-16-20-7-5-4-6-17(20)2)14-24-26(31)30(27(32)35-24)15-18-8-10-21(28)11-9-18/h4-14H,3,15-16H2,1-2H3/b24-14-. The number of thioether (sulfide) groups is 1. The van der Waals surface area contributed by atoms with Gasteiger partial charge in [0.15, 0.2) is 11.5 Å². The number of aryl methyl sites for hydroxylation is 1. The van der Waals surface area contributed by atoms with E-state index in [2.05, 4.69) is 58.2 Å². The third-order valence-electron chi connectivity index (χ3n) is 5.39. The maximum absolute atomic E-state index is 13.0. The molecular formula is C27H23I2NO4S. The van der Waals surface area contributed by atoms with E-state index in [1.165, 1.54) is 4.90 Å². The first-order valence-electron chi connectivity index (χ1n) is 11.0. The van der Waals surface area contributed by atoms with Gasteiger partial charge in [0.25, 0.3) is 11.1 Å². The first-order valence-corrected chi connectivity index (χ1v) is 14.0. The van der Waals surface area contributed by atoms with E-state index in [-0.39, 0.29) is 17.7 Å². The highest BCUT2D eigenvalue weighted by Gasteiger charge is 2.35. The Morgan fingerprint density at radius 1 is 1.00 bits per heavy atom. The van der Waals surface area contributed by atoms with Crippen molar-refractivity contribution < 1.29 is 19.1 Å². The molecule has 0 aliphatic carbocycles. The fourth-order valence-electron chi connectivity index (χ4n) is 3.56. The molecule has 0 saturated carbocycles. The molecule has 35 heavy (non-hydrogen) atoms. The van der Waals surface area contributed by atoms with Crippen LogP contribution in [-0.4, -0.2) is 22.7 Å². The zero-order chi connectivity index (χ0) is 24.9. The van der Waals surface area contributed by atoms with Crippen LogP contribution in [0.5, 0.6) is 11.5 Å². The zero-order valence-corrected chi connectivity index (χ0v) is 24.3. The van der Waals surface area contributed by atoms with E-state index in [4.69, 9.17) is 9.47 Å². The molecular weight excluding hydrogens is 688 g/mol. The number of imide groups is 1. The lowest BCUT2D eigenvalue weighted by Gasteiger charge is -2.16. The largest absolute Gasteiger partial charge is 0.490 e. The summed E-state index contributed by atoms with van der Waals surface area (Å²) in [6.07, 6.45) is 1.74. The summed E-state index contributed by atoms with van der Waals surface area (Å²) >= 11 is 5.40. The lowest BCUT2D eigenvalue weighted by Crippen LogP contribution is -2.27. The topological polar surface area (TPSA) is 55.8 Å². The molecule has 1 saturated heterocycles. The highest BCUT2D eigenvalue weighted by atomic mass is 127. The van der Waals surface area contributed by atoms with Gasteiger partial charge in [0.2, 0.25) is 0 Å². The highest BCUT2D eigenvalue weighted by Crippen LogP contribution is 2.38. The van der Waals surface area contributed by atoms with Gasteiger partial charge in [-0.05, 0) is 123 Å². The summed E-state index contributed by atoms with van der Waals surface area (Å²) in [4.78, 5) is 27.3. The third-order valence-corrected chi connectivity index (χ3v) is 7.82. The summed E-state index contributed by atoms with van der Waals surface area (Å²) in [7, 11) is 0. The SMILES string of the molecule is CCOc1cc(/C=C2\SC(=O)N(Cc3ccc(I)cc3)C2=O)cc(I)c1OCc1ccccc1C. The van der Waals surface area contributed by atoms with Gasteiger partial charge in [-0.1, -0.05) is 36.4 Å². The van der Waals surface area contributed by atoms with Gasteiger partial charge < -0.3 is 9.47 Å². The van der Waals surface area contributed by atoms with E-state index >= 15 is 0 Å². The number of nitrogens with zero attached hydrogens (tertiary/aromatic N) is 1. The molecule has 5 nitrogen and oxygen atoms in total. The van der Waals surface area contributed by atoms with Crippen molar-refractivity contribution in [3.05, 3.63) is 95.0 Å². The summed E-state index contributed by atoms with van der Waals surface area (Å²) in [6, 6.07) is 19.7. The first-order chi connectivity index (χ1) is 16.9. The van der Waals surface area contributed by atoms with E-state index in [9.17, 15) is 9.59 Å². The van der Waals surface area contributed by atoms with Crippen LogP contribution in [0.3, 0.4) is 0 Å². The minimum atomic E-state index is -0.286. The van der Waals surface area contributed by atoms with Gasteiger partial charge in [-0.15, -0.1) is 0 Å². The van der Waals surface area contributed by atoms with Crippen LogP contribution in [0.1, 0.15) is 29.2 Å². The molecule has 180 valence electrons. The Balaban J connectivity index is 1.55. The number of hydrogen-bond acceptors (Lipinski definition) is 5. The normalized spacial score (nSPS) is 14.6. The summed E-state index contributed by atoms with van der Waals surface area (Å²) < 4.78 is 14.0. The molecule has 0 aromatic heterocycles. The maximum atomic E-state index is 13.0. The number of amides is 2. The van der Waals surface area contributed by atoms with E-state index in [1.807, 2.05) is 61.5 Å². The molecule has 0 unspecified atom stereocenters. The van der Waals surface area contributed by atoms with E-state index in [1.54, 1.807) is 6.08 Å². The summed E-state index contributed by atoms with van der Waals surface area (Å²) in [6.45, 7) is 5.14. The summed E-state index contributed by atoms with van der Waals surface area (Å²) in [5, 5.41) is -0.266. The predicted octanol–water partition coefficient (Wildman–Crippen LogP) is 7.42. The smallest absolute Gasteiger partial charge is 0.293 e. The van der Waals surface area contributed by atoms with Crippen LogP contribution in [0.2, 0.25) is 0 Å². The molecule has 1 aliphatic heterocycles. The monoisotopic (exact) mass is 711 g/mol. The molecule has 2 amide bonds. The van der Waals surface area contributed by atoms with Crippen molar-refractivity contribution in [2.75, 3.05) is 6.61 Å². The molecule has 1 heterocycles. The fraction of sp³-hybridized carbons (Fsp3) is 0.185. The van der Waals surface area contributed by atoms with Gasteiger partial charge in [-0.2, -0.15) is 0 Å². The molecule has 1 aliphatic rings. The molecule has 4 rings (SSSR count). The van der Waals surface area contributed by atoms with Gasteiger partial charge in [-0.3, -0.25) is 14.5 Å². The number of hydrogen-bond donors (Lipinski definition) is 0. The lowest BCUT2D eigenvalue weighted by molar-refractivity contribution is -0.123. The Hall–Kier alpha value is -2.05. The highest BCUT2D eigenvalue weighted by molar-refractivity contribution is 14.1. The quantitative estimate of drug-likeness (QED) is 0.180. The van der Waals surface area contributed by atoms with Crippen molar-refractivity contribution in [1.29, 1.82) is 0 Å². The molecule has 1 fully saturated rings. The Morgan fingerprint density at radius 2 is 1.74 bits per heavy atom. The number of rotatable bonds is 8. The number of benzene rings is 3. The number of halogens is 2. The van der Waals surface area contributed by atoms with Gasteiger partial charge >= 0.3 is 0 Å². The Labute approximate surface area is 236 Å². The molecule has 0 atom stereocenters. The predicted molar refractivity (Wildman–Crippen MR) is 157 cm³/mol. The van der Waals surface area contributed by atoms with Crippen molar-refractivity contribution >= 4 is 74.2 Å². The van der Waals surface area contributed by atoms with E-state index in [0.717, 1.165) is 41.2 Å². The van der Waals surface area contributed by atoms with Crippen LogP contribution in [0, 0.1) is 14.1 Å². The summed E-state index contributed by atoms with van der Waals surface area (Å²) in [5.74, 6) is 0.989. The van der Waals surface area contributed by atoms with Crippen LogP contribution in [0.4, 0.5) is 4.79 Å².